The molecule has 9 heteroatoms. The van der Waals surface area contributed by atoms with E-state index in [1.807, 2.05) is 0 Å². The summed E-state index contributed by atoms with van der Waals surface area (Å²) in [6, 6.07) is 0. The van der Waals surface area contributed by atoms with Crippen LogP contribution < -0.4 is 0 Å². The highest BCUT2D eigenvalue weighted by molar-refractivity contribution is 5.86. The molecule has 0 spiro atoms. The normalized spacial score (nSPS) is 10.1. The average Bonchev–Trinajstić information content (AvgIpc) is 2.88. The molecule has 0 saturated carbocycles. The summed E-state index contributed by atoms with van der Waals surface area (Å²) in [6.45, 7) is 0. The number of esters is 1. The van der Waals surface area contributed by atoms with Crippen molar-refractivity contribution < 1.29 is 14.5 Å². The number of rotatable bonds is 3. The summed E-state index contributed by atoms with van der Waals surface area (Å²) in [6.07, 6.45) is 4.94. The van der Waals surface area contributed by atoms with Crippen LogP contribution in [0, 0.1) is 10.1 Å². The number of aromatic nitrogens is 4. The van der Waals surface area contributed by atoms with Gasteiger partial charge in [0.1, 0.15) is 6.20 Å². The monoisotopic (exact) mass is 249 g/mol. The van der Waals surface area contributed by atoms with Gasteiger partial charge in [0.2, 0.25) is 6.33 Å². The van der Waals surface area contributed by atoms with Crippen LogP contribution in [0.15, 0.2) is 24.9 Å². The SMILES string of the molecule is COC(=O)c1cnc(-n2cnc([N+](=O)[O-])c2)cn1. The van der Waals surface area contributed by atoms with E-state index in [0.29, 0.717) is 5.82 Å². The van der Waals surface area contributed by atoms with Crippen molar-refractivity contribution in [2.45, 2.75) is 0 Å². The van der Waals surface area contributed by atoms with Crippen molar-refractivity contribution in [3.8, 4) is 5.82 Å². The Morgan fingerprint density at radius 3 is 2.67 bits per heavy atom. The molecular weight excluding hydrogens is 242 g/mol. The summed E-state index contributed by atoms with van der Waals surface area (Å²) in [5.41, 5.74) is 0.0517. The summed E-state index contributed by atoms with van der Waals surface area (Å²) in [7, 11) is 1.23. The first kappa shape index (κ1) is 11.6. The molecule has 0 bridgehead atoms. The molecule has 2 heterocycles. The maximum Gasteiger partial charge on any atom is 0.381 e. The highest BCUT2D eigenvalue weighted by atomic mass is 16.6. The Labute approximate surface area is 100 Å². The lowest BCUT2D eigenvalue weighted by Crippen LogP contribution is -2.06. The minimum atomic E-state index is -0.618. The second-order valence-corrected chi connectivity index (χ2v) is 3.15. The van der Waals surface area contributed by atoms with Gasteiger partial charge in [-0.3, -0.25) is 4.57 Å². The molecule has 92 valence electrons. The Morgan fingerprint density at radius 2 is 2.17 bits per heavy atom. The molecule has 0 aliphatic rings. The van der Waals surface area contributed by atoms with Crippen LogP contribution in [0.5, 0.6) is 0 Å². The number of nitrogens with zero attached hydrogens (tertiary/aromatic N) is 5. The Morgan fingerprint density at radius 1 is 1.39 bits per heavy atom. The molecule has 2 rings (SSSR count). The van der Waals surface area contributed by atoms with E-state index in [-0.39, 0.29) is 11.5 Å². The molecule has 0 saturated heterocycles. The minimum absolute atomic E-state index is 0.0517. The molecule has 0 amide bonds. The first-order chi connectivity index (χ1) is 8.61. The van der Waals surface area contributed by atoms with Gasteiger partial charge in [0, 0.05) is 0 Å². The van der Waals surface area contributed by atoms with Gasteiger partial charge in [-0.15, -0.1) is 0 Å². The summed E-state index contributed by atoms with van der Waals surface area (Å²) >= 11 is 0. The Bertz CT molecular complexity index is 591. The maximum absolute atomic E-state index is 11.1. The van der Waals surface area contributed by atoms with Gasteiger partial charge in [0.05, 0.1) is 19.5 Å². The molecule has 0 aliphatic heterocycles. The summed E-state index contributed by atoms with van der Waals surface area (Å²) in [5, 5.41) is 10.5. The van der Waals surface area contributed by atoms with Gasteiger partial charge in [-0.2, -0.15) is 0 Å². The standard InChI is InChI=1S/C9H7N5O4/c1-18-9(15)6-2-11-7(3-10-6)13-4-8(12-5-13)14(16)17/h2-5H,1H3. The summed E-state index contributed by atoms with van der Waals surface area (Å²) in [4.78, 5) is 32.3. The second-order valence-electron chi connectivity index (χ2n) is 3.15. The zero-order valence-corrected chi connectivity index (χ0v) is 9.18. The van der Waals surface area contributed by atoms with Crippen molar-refractivity contribution in [2.75, 3.05) is 7.11 Å². The number of carbonyl (C=O) groups is 1. The van der Waals surface area contributed by atoms with Crippen molar-refractivity contribution in [1.29, 1.82) is 0 Å². The van der Waals surface area contributed by atoms with Crippen LogP contribution in [0.4, 0.5) is 5.82 Å². The third kappa shape index (κ3) is 2.14. The van der Waals surface area contributed by atoms with E-state index in [1.54, 1.807) is 0 Å². The summed E-state index contributed by atoms with van der Waals surface area (Å²) in [5.74, 6) is -0.595. The first-order valence-electron chi connectivity index (χ1n) is 4.71. The number of hydrogen-bond donors (Lipinski definition) is 0. The van der Waals surface area contributed by atoms with Crippen LogP contribution in [0.2, 0.25) is 0 Å². The average molecular weight is 249 g/mol. The number of ether oxygens (including phenoxy) is 1. The van der Waals surface area contributed by atoms with Crippen LogP contribution in [-0.4, -0.2) is 37.5 Å². The number of methoxy groups -OCH3 is 1. The maximum atomic E-state index is 11.1. The number of carbonyl (C=O) groups excluding carboxylic acids is 1. The molecule has 2 aromatic heterocycles. The Kier molecular flexibility index (Phi) is 2.96. The molecule has 0 unspecified atom stereocenters. The van der Waals surface area contributed by atoms with Gasteiger partial charge in [-0.1, -0.05) is 0 Å². The van der Waals surface area contributed by atoms with E-state index < -0.39 is 10.9 Å². The van der Waals surface area contributed by atoms with Crippen molar-refractivity contribution in [3.63, 3.8) is 0 Å². The zero-order valence-electron chi connectivity index (χ0n) is 9.18. The minimum Gasteiger partial charge on any atom is -0.464 e. The Hall–Kier alpha value is -2.84. The highest BCUT2D eigenvalue weighted by Gasteiger charge is 2.13. The van der Waals surface area contributed by atoms with Gasteiger partial charge in [0.15, 0.2) is 11.5 Å². The van der Waals surface area contributed by atoms with Gasteiger partial charge in [0.25, 0.3) is 0 Å². The lowest BCUT2D eigenvalue weighted by atomic mass is 10.4. The van der Waals surface area contributed by atoms with Gasteiger partial charge in [-0.05, 0) is 9.91 Å². The fourth-order valence-corrected chi connectivity index (χ4v) is 1.20. The smallest absolute Gasteiger partial charge is 0.381 e. The van der Waals surface area contributed by atoms with Crippen molar-refractivity contribution in [3.05, 3.63) is 40.7 Å². The molecular formula is C9H7N5O4. The molecule has 0 radical (unpaired) electrons. The van der Waals surface area contributed by atoms with Crippen LogP contribution in [0.3, 0.4) is 0 Å². The van der Waals surface area contributed by atoms with Crippen molar-refractivity contribution in [2.24, 2.45) is 0 Å². The van der Waals surface area contributed by atoms with E-state index in [9.17, 15) is 14.9 Å². The van der Waals surface area contributed by atoms with Crippen LogP contribution >= 0.6 is 0 Å². The third-order valence-electron chi connectivity index (χ3n) is 2.05. The van der Waals surface area contributed by atoms with Crippen LogP contribution in [0.25, 0.3) is 5.82 Å². The van der Waals surface area contributed by atoms with E-state index >= 15 is 0 Å². The topological polar surface area (TPSA) is 113 Å². The largest absolute Gasteiger partial charge is 0.464 e. The lowest BCUT2D eigenvalue weighted by molar-refractivity contribution is -0.389. The predicted octanol–water partition coefficient (Wildman–Crippen LogP) is 0.357. The molecule has 18 heavy (non-hydrogen) atoms. The highest BCUT2D eigenvalue weighted by Crippen LogP contribution is 2.10. The van der Waals surface area contributed by atoms with Crippen LogP contribution in [-0.2, 0) is 4.74 Å². The van der Waals surface area contributed by atoms with Gasteiger partial charge in [-0.25, -0.2) is 14.8 Å². The quantitative estimate of drug-likeness (QED) is 0.438. The van der Waals surface area contributed by atoms with E-state index in [2.05, 4.69) is 19.7 Å². The van der Waals surface area contributed by atoms with Crippen molar-refractivity contribution >= 4 is 11.8 Å². The number of nitro groups is 1. The predicted molar refractivity (Wildman–Crippen MR) is 57.1 cm³/mol. The first-order valence-corrected chi connectivity index (χ1v) is 4.71. The molecule has 9 nitrogen and oxygen atoms in total. The molecule has 0 fully saturated rings. The van der Waals surface area contributed by atoms with Gasteiger partial charge < -0.3 is 14.9 Å². The summed E-state index contributed by atoms with van der Waals surface area (Å²) < 4.78 is 5.79. The second kappa shape index (κ2) is 4.57. The van der Waals surface area contributed by atoms with Crippen molar-refractivity contribution in [1.82, 2.24) is 19.5 Å². The fraction of sp³-hybridized carbons (Fsp3) is 0.111. The zero-order chi connectivity index (χ0) is 13.1. The lowest BCUT2D eigenvalue weighted by Gasteiger charge is -2.00. The molecule has 0 N–H and O–H groups in total. The molecule has 0 aromatic carbocycles. The fourth-order valence-electron chi connectivity index (χ4n) is 1.20. The molecule has 2 aromatic rings. The number of imidazole rings is 1. The molecule has 0 aliphatic carbocycles. The molecule has 0 atom stereocenters. The third-order valence-corrected chi connectivity index (χ3v) is 2.05. The van der Waals surface area contributed by atoms with E-state index in [4.69, 9.17) is 0 Å². The van der Waals surface area contributed by atoms with Crippen LogP contribution in [0.1, 0.15) is 10.5 Å². The van der Waals surface area contributed by atoms with Gasteiger partial charge >= 0.3 is 11.8 Å². The number of hydrogen-bond acceptors (Lipinski definition) is 7. The Balaban J connectivity index is 2.28. The van der Waals surface area contributed by atoms with E-state index in [1.165, 1.54) is 36.6 Å². The van der Waals surface area contributed by atoms with E-state index in [0.717, 1.165) is 0 Å².